The van der Waals surface area contributed by atoms with E-state index in [-0.39, 0.29) is 10.3 Å². The van der Waals surface area contributed by atoms with Crippen molar-refractivity contribution in [2.45, 2.75) is 36.0 Å². The average Bonchev–Trinajstić information content (AvgIpc) is 2.37. The van der Waals surface area contributed by atoms with Crippen LogP contribution in [0.3, 0.4) is 0 Å². The van der Waals surface area contributed by atoms with Gasteiger partial charge in [-0.25, -0.2) is 13.1 Å². The summed E-state index contributed by atoms with van der Waals surface area (Å²) in [5.74, 6) is 0.325. The van der Waals surface area contributed by atoms with Crippen molar-refractivity contribution in [1.82, 2.24) is 9.71 Å². The Bertz CT molecular complexity index is 538. The van der Waals surface area contributed by atoms with E-state index in [1.165, 1.54) is 6.20 Å². The molecular weight excluding hydrogens is 352 g/mol. The number of sulfonamides is 1. The highest BCUT2D eigenvalue weighted by Crippen LogP contribution is 2.27. The van der Waals surface area contributed by atoms with Gasteiger partial charge in [0.1, 0.15) is 4.90 Å². The fraction of sp³-hybridized carbons (Fsp3) is 0.583. The predicted molar refractivity (Wildman–Crippen MR) is 78.7 cm³/mol. The van der Waals surface area contributed by atoms with E-state index in [1.807, 2.05) is 0 Å². The third-order valence-electron chi connectivity index (χ3n) is 3.27. The van der Waals surface area contributed by atoms with E-state index in [1.54, 1.807) is 12.3 Å². The fourth-order valence-electron chi connectivity index (χ4n) is 2.26. The van der Waals surface area contributed by atoms with E-state index in [2.05, 4.69) is 25.6 Å². The van der Waals surface area contributed by atoms with Crippen LogP contribution in [0.1, 0.15) is 25.7 Å². The summed E-state index contributed by atoms with van der Waals surface area (Å²) in [6.45, 7) is 0.443. The van der Waals surface area contributed by atoms with Gasteiger partial charge in [-0.2, -0.15) is 0 Å². The zero-order valence-corrected chi connectivity index (χ0v) is 13.5. The summed E-state index contributed by atoms with van der Waals surface area (Å²) in [5, 5.41) is 0.177. The lowest BCUT2D eigenvalue weighted by atomic mass is 9.89. The Morgan fingerprint density at radius 2 is 2.21 bits per heavy atom. The van der Waals surface area contributed by atoms with Crippen LogP contribution in [0.15, 0.2) is 27.8 Å². The van der Waals surface area contributed by atoms with Gasteiger partial charge in [0.05, 0.1) is 0 Å². The Balaban J connectivity index is 1.98. The molecule has 19 heavy (non-hydrogen) atoms. The molecule has 106 valence electrons. The minimum absolute atomic E-state index is 0.177. The molecule has 0 radical (unpaired) electrons. The summed E-state index contributed by atoms with van der Waals surface area (Å²) in [4.78, 5) is 4.05. The number of hydrogen-bond donors (Lipinski definition) is 1. The van der Waals surface area contributed by atoms with E-state index in [4.69, 9.17) is 11.6 Å². The van der Waals surface area contributed by atoms with Crippen molar-refractivity contribution in [3.63, 3.8) is 0 Å². The standard InChI is InChI=1S/C12H16BrClN2O2S/c13-10-5-12(8-15-7-10)19(17,18)16-6-9-2-1-3-11(14)4-9/h5,7-9,11,16H,1-4,6H2. The van der Waals surface area contributed by atoms with E-state index in [0.717, 1.165) is 25.7 Å². The van der Waals surface area contributed by atoms with Crippen LogP contribution in [-0.2, 0) is 10.0 Å². The molecule has 7 heteroatoms. The third-order valence-corrected chi connectivity index (χ3v) is 5.49. The van der Waals surface area contributed by atoms with Gasteiger partial charge in [0.15, 0.2) is 0 Å². The maximum absolute atomic E-state index is 12.1. The summed E-state index contributed by atoms with van der Waals surface area (Å²) in [6, 6.07) is 1.54. The highest BCUT2D eigenvalue weighted by Gasteiger charge is 2.22. The first-order chi connectivity index (χ1) is 8.97. The second-order valence-corrected chi connectivity index (χ2v) is 8.12. The molecule has 1 saturated carbocycles. The van der Waals surface area contributed by atoms with Crippen LogP contribution in [-0.4, -0.2) is 25.3 Å². The van der Waals surface area contributed by atoms with Crippen LogP contribution < -0.4 is 4.72 Å². The van der Waals surface area contributed by atoms with Gasteiger partial charge in [-0.15, -0.1) is 11.6 Å². The molecule has 0 aliphatic heterocycles. The molecule has 1 aromatic heterocycles. The number of nitrogens with zero attached hydrogens (tertiary/aromatic N) is 1. The number of hydrogen-bond acceptors (Lipinski definition) is 3. The Morgan fingerprint density at radius 3 is 2.89 bits per heavy atom. The van der Waals surface area contributed by atoms with Gasteiger partial charge in [0.25, 0.3) is 0 Å². The lowest BCUT2D eigenvalue weighted by Crippen LogP contribution is -2.32. The molecule has 2 rings (SSSR count). The van der Waals surface area contributed by atoms with E-state index in [9.17, 15) is 8.42 Å². The molecule has 1 aliphatic rings. The Hall–Kier alpha value is -0.170. The Morgan fingerprint density at radius 1 is 1.42 bits per heavy atom. The molecule has 0 saturated heterocycles. The molecule has 1 fully saturated rings. The van der Waals surface area contributed by atoms with Crippen LogP contribution in [0.4, 0.5) is 0 Å². The van der Waals surface area contributed by atoms with Gasteiger partial charge in [-0.3, -0.25) is 4.98 Å². The fourth-order valence-corrected chi connectivity index (χ4v) is 4.29. The summed E-state index contributed by atoms with van der Waals surface area (Å²) in [6.07, 6.45) is 6.90. The maximum Gasteiger partial charge on any atom is 0.242 e. The summed E-state index contributed by atoms with van der Waals surface area (Å²) in [5.41, 5.74) is 0. The van der Waals surface area contributed by atoms with Crippen molar-refractivity contribution in [1.29, 1.82) is 0 Å². The first-order valence-electron chi connectivity index (χ1n) is 6.21. The number of alkyl halides is 1. The quantitative estimate of drug-likeness (QED) is 0.832. The largest absolute Gasteiger partial charge is 0.262 e. The monoisotopic (exact) mass is 366 g/mol. The zero-order valence-electron chi connectivity index (χ0n) is 10.4. The molecule has 4 nitrogen and oxygen atoms in total. The molecule has 2 unspecified atom stereocenters. The number of pyridine rings is 1. The van der Waals surface area contributed by atoms with Crippen LogP contribution in [0.25, 0.3) is 0 Å². The lowest BCUT2D eigenvalue weighted by Gasteiger charge is -2.25. The third kappa shape index (κ3) is 4.41. The van der Waals surface area contributed by atoms with Crippen molar-refractivity contribution >= 4 is 37.6 Å². The SMILES string of the molecule is O=S(=O)(NCC1CCCC(Cl)C1)c1cncc(Br)c1. The molecule has 1 aliphatic carbocycles. The molecule has 0 bridgehead atoms. The van der Waals surface area contributed by atoms with Gasteiger partial charge in [0.2, 0.25) is 10.0 Å². The van der Waals surface area contributed by atoms with Crippen LogP contribution >= 0.6 is 27.5 Å². The average molecular weight is 368 g/mol. The first kappa shape index (κ1) is 15.2. The van der Waals surface area contributed by atoms with Crippen molar-refractivity contribution in [3.8, 4) is 0 Å². The second kappa shape index (κ2) is 6.52. The minimum atomic E-state index is -3.49. The van der Waals surface area contributed by atoms with E-state index in [0.29, 0.717) is 16.9 Å². The van der Waals surface area contributed by atoms with Crippen molar-refractivity contribution in [3.05, 3.63) is 22.9 Å². The first-order valence-corrected chi connectivity index (χ1v) is 8.93. The van der Waals surface area contributed by atoms with Gasteiger partial charge in [-0.05, 0) is 47.2 Å². The summed E-state index contributed by atoms with van der Waals surface area (Å²) in [7, 11) is -3.49. The second-order valence-electron chi connectivity index (χ2n) is 4.82. The van der Waals surface area contributed by atoms with E-state index >= 15 is 0 Å². The van der Waals surface area contributed by atoms with Gasteiger partial charge in [0, 0.05) is 28.8 Å². The van der Waals surface area contributed by atoms with Crippen LogP contribution in [0, 0.1) is 5.92 Å². The molecule has 1 aromatic rings. The van der Waals surface area contributed by atoms with Crippen LogP contribution in [0.5, 0.6) is 0 Å². The van der Waals surface area contributed by atoms with Gasteiger partial charge < -0.3 is 0 Å². The van der Waals surface area contributed by atoms with Crippen molar-refractivity contribution in [2.24, 2.45) is 5.92 Å². The van der Waals surface area contributed by atoms with Crippen LogP contribution in [0.2, 0.25) is 0 Å². The van der Waals surface area contributed by atoms with E-state index < -0.39 is 10.0 Å². The molecule has 1 heterocycles. The smallest absolute Gasteiger partial charge is 0.242 e. The lowest BCUT2D eigenvalue weighted by molar-refractivity contribution is 0.361. The van der Waals surface area contributed by atoms with Crippen molar-refractivity contribution < 1.29 is 8.42 Å². The van der Waals surface area contributed by atoms with Gasteiger partial charge >= 0.3 is 0 Å². The number of aromatic nitrogens is 1. The summed E-state index contributed by atoms with van der Waals surface area (Å²) >= 11 is 9.32. The topological polar surface area (TPSA) is 59.1 Å². The Labute approximate surface area is 127 Å². The number of nitrogens with one attached hydrogen (secondary N) is 1. The summed E-state index contributed by atoms with van der Waals surface area (Å²) < 4.78 is 27.5. The number of halogens is 2. The Kier molecular flexibility index (Phi) is 5.22. The molecule has 0 aromatic carbocycles. The highest BCUT2D eigenvalue weighted by molar-refractivity contribution is 9.10. The normalized spacial score (nSPS) is 24.3. The molecule has 0 amide bonds. The minimum Gasteiger partial charge on any atom is -0.262 e. The zero-order chi connectivity index (χ0) is 13.9. The highest BCUT2D eigenvalue weighted by atomic mass is 79.9. The molecule has 2 atom stereocenters. The van der Waals surface area contributed by atoms with Gasteiger partial charge in [-0.1, -0.05) is 6.42 Å². The maximum atomic E-state index is 12.1. The van der Waals surface area contributed by atoms with Crippen molar-refractivity contribution in [2.75, 3.05) is 6.54 Å². The molecule has 0 spiro atoms. The molecule has 1 N–H and O–H groups in total. The molecular formula is C12H16BrClN2O2S. The predicted octanol–water partition coefficient (Wildman–Crippen LogP) is 2.92. The number of rotatable bonds is 4.